The fraction of sp³-hybridized carbons (Fsp3) is 0.111. The second-order valence-corrected chi connectivity index (χ2v) is 4.26. The van der Waals surface area contributed by atoms with Gasteiger partial charge in [-0.2, -0.15) is 5.10 Å². The SMILES string of the molecule is NC(=S)NN=Cc1cc(Br)c2c(c1)OCO2. The van der Waals surface area contributed by atoms with Gasteiger partial charge in [-0.25, -0.2) is 0 Å². The first kappa shape index (κ1) is 11.2. The van der Waals surface area contributed by atoms with Crippen molar-refractivity contribution >= 4 is 39.5 Å². The molecule has 1 aromatic rings. The Morgan fingerprint density at radius 3 is 3.12 bits per heavy atom. The molecule has 0 amide bonds. The van der Waals surface area contributed by atoms with Crippen molar-refractivity contribution in [3.8, 4) is 11.5 Å². The summed E-state index contributed by atoms with van der Waals surface area (Å²) >= 11 is 8.00. The maximum atomic E-state index is 5.26. The first-order valence-corrected chi connectivity index (χ1v) is 5.54. The normalized spacial score (nSPS) is 13.1. The number of nitrogens with zero attached hydrogens (tertiary/aromatic N) is 1. The maximum Gasteiger partial charge on any atom is 0.231 e. The number of thiocarbonyl (C=S) groups is 1. The third-order valence-electron chi connectivity index (χ3n) is 1.84. The molecule has 1 aliphatic heterocycles. The molecule has 0 saturated heterocycles. The van der Waals surface area contributed by atoms with E-state index in [-0.39, 0.29) is 11.9 Å². The largest absolute Gasteiger partial charge is 0.454 e. The van der Waals surface area contributed by atoms with Gasteiger partial charge in [-0.15, -0.1) is 0 Å². The zero-order valence-electron chi connectivity index (χ0n) is 8.07. The third kappa shape index (κ3) is 2.42. The van der Waals surface area contributed by atoms with Gasteiger partial charge in [0.15, 0.2) is 16.6 Å². The number of halogens is 1. The van der Waals surface area contributed by atoms with Crippen LogP contribution in [0.2, 0.25) is 0 Å². The molecule has 7 heteroatoms. The molecule has 5 nitrogen and oxygen atoms in total. The van der Waals surface area contributed by atoms with Gasteiger partial charge < -0.3 is 15.2 Å². The van der Waals surface area contributed by atoms with Gasteiger partial charge >= 0.3 is 0 Å². The topological polar surface area (TPSA) is 68.9 Å². The summed E-state index contributed by atoms with van der Waals surface area (Å²) in [4.78, 5) is 0. The highest BCUT2D eigenvalue weighted by Crippen LogP contribution is 2.39. The van der Waals surface area contributed by atoms with Crippen LogP contribution in [0, 0.1) is 0 Å². The first-order chi connectivity index (χ1) is 7.66. The number of hydrogen-bond acceptors (Lipinski definition) is 4. The third-order valence-corrected chi connectivity index (χ3v) is 2.52. The number of ether oxygens (including phenoxy) is 2. The summed E-state index contributed by atoms with van der Waals surface area (Å²) in [5, 5.41) is 3.97. The Hall–Kier alpha value is -1.34. The van der Waals surface area contributed by atoms with E-state index in [0.29, 0.717) is 11.5 Å². The quantitative estimate of drug-likeness (QED) is 0.490. The molecule has 1 aromatic carbocycles. The van der Waals surface area contributed by atoms with E-state index in [4.69, 9.17) is 15.2 Å². The molecule has 2 rings (SSSR count). The number of nitrogens with two attached hydrogens (primary N) is 1. The average Bonchev–Trinajstić information content (AvgIpc) is 2.65. The molecule has 0 unspecified atom stereocenters. The van der Waals surface area contributed by atoms with Crippen molar-refractivity contribution in [1.29, 1.82) is 0 Å². The maximum absolute atomic E-state index is 5.26. The number of hydrogen-bond donors (Lipinski definition) is 2. The van der Waals surface area contributed by atoms with Gasteiger partial charge in [0, 0.05) is 0 Å². The fourth-order valence-corrected chi connectivity index (χ4v) is 1.86. The van der Waals surface area contributed by atoms with E-state index in [1.165, 1.54) is 0 Å². The van der Waals surface area contributed by atoms with Gasteiger partial charge in [0.25, 0.3) is 0 Å². The Balaban J connectivity index is 2.20. The van der Waals surface area contributed by atoms with Crippen LogP contribution in [0.25, 0.3) is 0 Å². The molecular formula is C9H8BrN3O2S. The lowest BCUT2D eigenvalue weighted by Crippen LogP contribution is -2.23. The highest BCUT2D eigenvalue weighted by molar-refractivity contribution is 9.10. The van der Waals surface area contributed by atoms with Crippen molar-refractivity contribution in [2.45, 2.75) is 0 Å². The molecule has 0 saturated carbocycles. The van der Waals surface area contributed by atoms with E-state index in [0.717, 1.165) is 10.0 Å². The molecule has 1 heterocycles. The summed E-state index contributed by atoms with van der Waals surface area (Å²) in [6, 6.07) is 3.68. The summed E-state index contributed by atoms with van der Waals surface area (Å²) in [6.07, 6.45) is 1.59. The average molecular weight is 302 g/mol. The molecule has 0 bridgehead atoms. The Labute approximate surface area is 106 Å². The molecule has 0 aliphatic carbocycles. The lowest BCUT2D eigenvalue weighted by molar-refractivity contribution is 0.173. The van der Waals surface area contributed by atoms with Crippen LogP contribution in [0.5, 0.6) is 11.5 Å². The Morgan fingerprint density at radius 2 is 2.38 bits per heavy atom. The summed E-state index contributed by atoms with van der Waals surface area (Å²) in [5.41, 5.74) is 8.55. The van der Waals surface area contributed by atoms with Crippen LogP contribution >= 0.6 is 28.1 Å². The van der Waals surface area contributed by atoms with E-state index in [2.05, 4.69) is 38.7 Å². The van der Waals surface area contributed by atoms with Crippen LogP contribution in [-0.2, 0) is 0 Å². The Kier molecular flexibility index (Phi) is 3.25. The molecule has 3 N–H and O–H groups in total. The van der Waals surface area contributed by atoms with Crippen molar-refractivity contribution in [3.05, 3.63) is 22.2 Å². The number of rotatable bonds is 2. The number of fused-ring (bicyclic) bond motifs is 1. The molecule has 1 aliphatic rings. The molecule has 16 heavy (non-hydrogen) atoms. The van der Waals surface area contributed by atoms with E-state index >= 15 is 0 Å². The van der Waals surface area contributed by atoms with Crippen LogP contribution in [-0.4, -0.2) is 18.1 Å². The number of benzene rings is 1. The zero-order chi connectivity index (χ0) is 11.5. The Bertz CT molecular complexity index is 464. The highest BCUT2D eigenvalue weighted by atomic mass is 79.9. The highest BCUT2D eigenvalue weighted by Gasteiger charge is 2.17. The van der Waals surface area contributed by atoms with Crippen LogP contribution in [0.4, 0.5) is 0 Å². The molecule has 0 fully saturated rings. The van der Waals surface area contributed by atoms with Gasteiger partial charge in [-0.05, 0) is 45.8 Å². The Morgan fingerprint density at radius 1 is 1.56 bits per heavy atom. The van der Waals surface area contributed by atoms with Crippen molar-refractivity contribution in [2.75, 3.05) is 6.79 Å². The lowest BCUT2D eigenvalue weighted by Gasteiger charge is -2.01. The van der Waals surface area contributed by atoms with E-state index in [1.807, 2.05) is 12.1 Å². The predicted molar refractivity (Wildman–Crippen MR) is 67.8 cm³/mol. The molecular weight excluding hydrogens is 294 g/mol. The molecule has 0 radical (unpaired) electrons. The van der Waals surface area contributed by atoms with Crippen LogP contribution in [0.3, 0.4) is 0 Å². The predicted octanol–water partition coefficient (Wildman–Crippen LogP) is 1.34. The summed E-state index contributed by atoms with van der Waals surface area (Å²) in [7, 11) is 0. The van der Waals surface area contributed by atoms with E-state index < -0.39 is 0 Å². The minimum Gasteiger partial charge on any atom is -0.454 e. The number of hydrazone groups is 1. The minimum absolute atomic E-state index is 0.121. The molecule has 84 valence electrons. The minimum atomic E-state index is 0.121. The second-order valence-electron chi connectivity index (χ2n) is 2.97. The van der Waals surface area contributed by atoms with Gasteiger partial charge in [-0.1, -0.05) is 0 Å². The fourth-order valence-electron chi connectivity index (χ4n) is 1.23. The standard InChI is InChI=1S/C9H8BrN3O2S/c10-6-1-5(3-12-13-9(11)16)2-7-8(6)15-4-14-7/h1-3H,4H2,(H3,11,13,16). The van der Waals surface area contributed by atoms with Crippen molar-refractivity contribution in [3.63, 3.8) is 0 Å². The summed E-state index contributed by atoms with van der Waals surface area (Å²) < 4.78 is 11.3. The second kappa shape index (κ2) is 4.67. The van der Waals surface area contributed by atoms with Crippen molar-refractivity contribution in [2.24, 2.45) is 10.8 Å². The molecule has 0 atom stereocenters. The monoisotopic (exact) mass is 301 g/mol. The van der Waals surface area contributed by atoms with Gasteiger partial charge in [0.1, 0.15) is 0 Å². The van der Waals surface area contributed by atoms with Gasteiger partial charge in [0.2, 0.25) is 6.79 Å². The van der Waals surface area contributed by atoms with Crippen molar-refractivity contribution < 1.29 is 9.47 Å². The number of nitrogens with one attached hydrogen (secondary N) is 1. The van der Waals surface area contributed by atoms with Crippen molar-refractivity contribution in [1.82, 2.24) is 5.43 Å². The van der Waals surface area contributed by atoms with Crippen LogP contribution < -0.4 is 20.6 Å². The lowest BCUT2D eigenvalue weighted by atomic mass is 10.2. The first-order valence-electron chi connectivity index (χ1n) is 4.34. The van der Waals surface area contributed by atoms with E-state index in [1.54, 1.807) is 6.21 Å². The molecule has 0 spiro atoms. The summed E-state index contributed by atoms with van der Waals surface area (Å²) in [6.45, 7) is 0.236. The molecule has 0 aromatic heterocycles. The smallest absolute Gasteiger partial charge is 0.231 e. The zero-order valence-corrected chi connectivity index (χ0v) is 10.5. The van der Waals surface area contributed by atoms with E-state index in [9.17, 15) is 0 Å². The van der Waals surface area contributed by atoms with Gasteiger partial charge in [-0.3, -0.25) is 5.43 Å². The summed E-state index contributed by atoms with van der Waals surface area (Å²) in [5.74, 6) is 1.39. The van der Waals surface area contributed by atoms with Crippen LogP contribution in [0.15, 0.2) is 21.7 Å². The van der Waals surface area contributed by atoms with Gasteiger partial charge in [0.05, 0.1) is 10.7 Å². The van der Waals surface area contributed by atoms with Crippen LogP contribution in [0.1, 0.15) is 5.56 Å².